The van der Waals surface area contributed by atoms with Crippen LogP contribution in [0.3, 0.4) is 0 Å². The highest BCUT2D eigenvalue weighted by atomic mass is 32.2. The molecule has 192 valence electrons. The monoisotopic (exact) mass is 508 g/mol. The molecule has 3 rings (SSSR count). The lowest BCUT2D eigenvalue weighted by Gasteiger charge is -2.33. The fourth-order valence-electron chi connectivity index (χ4n) is 4.38. The first kappa shape index (κ1) is 27.3. The van der Waals surface area contributed by atoms with Gasteiger partial charge in [0.25, 0.3) is 5.91 Å². The van der Waals surface area contributed by atoms with E-state index in [1.807, 2.05) is 44.2 Å². The van der Waals surface area contributed by atoms with Crippen LogP contribution in [0.15, 0.2) is 78.9 Å². The summed E-state index contributed by atoms with van der Waals surface area (Å²) in [7, 11) is -3.54. The molecule has 6 nitrogen and oxygen atoms in total. The lowest BCUT2D eigenvalue weighted by atomic mass is 9.81. The zero-order valence-corrected chi connectivity index (χ0v) is 22.7. The number of benzene rings is 3. The van der Waals surface area contributed by atoms with E-state index in [2.05, 4.69) is 26.1 Å². The number of carbonyl (C=O) groups is 1. The zero-order valence-electron chi connectivity index (χ0n) is 21.9. The summed E-state index contributed by atoms with van der Waals surface area (Å²) in [5.74, 6) is 1.17. The number of nitrogens with one attached hydrogen (secondary N) is 1. The van der Waals surface area contributed by atoms with Gasteiger partial charge in [0.2, 0.25) is 10.0 Å². The van der Waals surface area contributed by atoms with Gasteiger partial charge in [0, 0.05) is 11.1 Å². The Bertz CT molecular complexity index is 1260. The van der Waals surface area contributed by atoms with Gasteiger partial charge in [-0.2, -0.15) is 0 Å². The minimum absolute atomic E-state index is 0.0849. The van der Waals surface area contributed by atoms with Crippen LogP contribution in [0.1, 0.15) is 57.0 Å². The smallest absolute Gasteiger partial charge is 0.251 e. The maximum atomic E-state index is 12.8. The summed E-state index contributed by atoms with van der Waals surface area (Å²) in [5, 5.41) is 3.10. The van der Waals surface area contributed by atoms with Crippen LogP contribution in [0, 0.1) is 5.41 Å². The van der Waals surface area contributed by atoms with E-state index >= 15 is 0 Å². The van der Waals surface area contributed by atoms with Crippen molar-refractivity contribution in [3.8, 4) is 11.5 Å². The van der Waals surface area contributed by atoms with Crippen LogP contribution in [0.25, 0.3) is 0 Å². The summed E-state index contributed by atoms with van der Waals surface area (Å²) in [4.78, 5) is 12.8. The molecule has 0 fully saturated rings. The Morgan fingerprint density at radius 3 is 1.92 bits per heavy atom. The molecule has 0 saturated carbocycles. The van der Waals surface area contributed by atoms with Gasteiger partial charge in [-0.25, -0.2) is 8.42 Å². The molecular formula is C29H36N2O4S. The highest BCUT2D eigenvalue weighted by Crippen LogP contribution is 2.28. The molecule has 0 unspecified atom stereocenters. The fraction of sp³-hybridized carbons (Fsp3) is 0.345. The van der Waals surface area contributed by atoms with Crippen LogP contribution in [0.5, 0.6) is 11.5 Å². The molecule has 0 aromatic heterocycles. The maximum Gasteiger partial charge on any atom is 0.251 e. The van der Waals surface area contributed by atoms with Gasteiger partial charge in [0.05, 0.1) is 18.5 Å². The average molecular weight is 509 g/mol. The molecule has 7 heteroatoms. The second-order valence-electron chi connectivity index (χ2n) is 11.0. The molecule has 0 heterocycles. The predicted octanol–water partition coefficient (Wildman–Crippen LogP) is 6.39. The molecule has 0 radical (unpaired) electrons. The zero-order chi connectivity index (χ0) is 26.6. The Morgan fingerprint density at radius 1 is 0.833 bits per heavy atom. The Balaban J connectivity index is 1.71. The van der Waals surface area contributed by atoms with Gasteiger partial charge in [-0.3, -0.25) is 9.10 Å². The third-order valence-electron chi connectivity index (χ3n) is 5.47. The van der Waals surface area contributed by atoms with E-state index in [4.69, 9.17) is 4.74 Å². The first-order valence-electron chi connectivity index (χ1n) is 11.9. The lowest BCUT2D eigenvalue weighted by molar-refractivity contribution is 0.0891. The first-order valence-corrected chi connectivity index (χ1v) is 13.8. The molecule has 0 saturated heterocycles. The topological polar surface area (TPSA) is 75.7 Å². The third kappa shape index (κ3) is 8.12. The van der Waals surface area contributed by atoms with Gasteiger partial charge < -0.3 is 10.1 Å². The standard InChI is InChI=1S/C29H36N2O4S/c1-28(2,3)21-29(4,5)30-27(32)23-14-12-22(13-15-23)20-31(36(6,33)34)24-16-18-26(19-17-24)35-25-10-8-7-9-11-25/h7-19H,20-21H2,1-6H3,(H,30,32). The summed E-state index contributed by atoms with van der Waals surface area (Å²) >= 11 is 0. The van der Waals surface area contributed by atoms with Gasteiger partial charge in [-0.1, -0.05) is 51.1 Å². The number of sulfonamides is 1. The van der Waals surface area contributed by atoms with Crippen LogP contribution < -0.4 is 14.4 Å². The van der Waals surface area contributed by atoms with Gasteiger partial charge >= 0.3 is 0 Å². The van der Waals surface area contributed by atoms with E-state index in [-0.39, 0.29) is 23.4 Å². The second kappa shape index (κ2) is 10.7. The molecule has 0 spiro atoms. The van der Waals surface area contributed by atoms with Crippen molar-refractivity contribution < 1.29 is 17.9 Å². The number of ether oxygens (including phenoxy) is 1. The summed E-state index contributed by atoms with van der Waals surface area (Å²) in [6.07, 6.45) is 2.02. The predicted molar refractivity (Wildman–Crippen MR) is 146 cm³/mol. The Morgan fingerprint density at radius 2 is 1.39 bits per heavy atom. The number of carbonyl (C=O) groups excluding carboxylic acids is 1. The molecule has 36 heavy (non-hydrogen) atoms. The molecule has 0 bridgehead atoms. The van der Waals surface area contributed by atoms with Gasteiger partial charge in [0.1, 0.15) is 11.5 Å². The van der Waals surface area contributed by atoms with Crippen molar-refractivity contribution >= 4 is 21.6 Å². The number of amides is 1. The number of nitrogens with zero attached hydrogens (tertiary/aromatic N) is 1. The third-order valence-corrected chi connectivity index (χ3v) is 6.61. The molecule has 0 aliphatic carbocycles. The fourth-order valence-corrected chi connectivity index (χ4v) is 5.27. The molecule has 0 atom stereocenters. The summed E-state index contributed by atoms with van der Waals surface area (Å²) in [6, 6.07) is 23.4. The SMILES string of the molecule is CC(C)(C)CC(C)(C)NC(=O)c1ccc(CN(c2ccc(Oc3ccccc3)cc2)S(C)(=O)=O)cc1. The van der Waals surface area contributed by atoms with Crippen LogP contribution >= 0.6 is 0 Å². The number of hydrogen-bond donors (Lipinski definition) is 1. The normalized spacial score (nSPS) is 12.2. The Hall–Kier alpha value is -3.32. The van der Waals surface area contributed by atoms with Crippen molar-refractivity contribution in [3.63, 3.8) is 0 Å². The van der Waals surface area contributed by atoms with Crippen molar-refractivity contribution in [2.24, 2.45) is 5.41 Å². The number of anilines is 1. The molecule has 0 aliphatic heterocycles. The van der Waals surface area contributed by atoms with E-state index < -0.39 is 10.0 Å². The minimum atomic E-state index is -3.54. The van der Waals surface area contributed by atoms with Crippen molar-refractivity contribution in [2.45, 2.75) is 53.1 Å². The molecule has 3 aromatic carbocycles. The van der Waals surface area contributed by atoms with Gasteiger partial charge in [-0.05, 0) is 79.8 Å². The van der Waals surface area contributed by atoms with Gasteiger partial charge in [0.15, 0.2) is 0 Å². The van der Waals surface area contributed by atoms with Crippen molar-refractivity contribution in [1.82, 2.24) is 5.32 Å². The van der Waals surface area contributed by atoms with Crippen LogP contribution in [0.2, 0.25) is 0 Å². The van der Waals surface area contributed by atoms with Crippen LogP contribution in [0.4, 0.5) is 5.69 Å². The first-order chi connectivity index (χ1) is 16.7. The summed E-state index contributed by atoms with van der Waals surface area (Å²) in [6.45, 7) is 10.6. The van der Waals surface area contributed by atoms with Crippen molar-refractivity contribution in [1.29, 1.82) is 0 Å². The van der Waals surface area contributed by atoms with E-state index in [1.165, 1.54) is 10.6 Å². The highest BCUT2D eigenvalue weighted by Gasteiger charge is 2.27. The lowest BCUT2D eigenvalue weighted by Crippen LogP contribution is -2.45. The van der Waals surface area contributed by atoms with E-state index in [1.54, 1.807) is 48.5 Å². The summed E-state index contributed by atoms with van der Waals surface area (Å²) in [5.41, 5.74) is 1.58. The highest BCUT2D eigenvalue weighted by molar-refractivity contribution is 7.92. The summed E-state index contributed by atoms with van der Waals surface area (Å²) < 4.78 is 32.3. The van der Waals surface area contributed by atoms with E-state index in [0.29, 0.717) is 22.7 Å². The maximum absolute atomic E-state index is 12.8. The molecule has 3 aromatic rings. The molecular weight excluding hydrogens is 472 g/mol. The molecule has 0 aliphatic rings. The largest absolute Gasteiger partial charge is 0.457 e. The number of rotatable bonds is 9. The average Bonchev–Trinajstić information content (AvgIpc) is 2.76. The van der Waals surface area contributed by atoms with Crippen molar-refractivity contribution in [2.75, 3.05) is 10.6 Å². The number of hydrogen-bond acceptors (Lipinski definition) is 4. The van der Waals surface area contributed by atoms with Crippen molar-refractivity contribution in [3.05, 3.63) is 90.0 Å². The number of para-hydroxylation sites is 1. The second-order valence-corrected chi connectivity index (χ2v) is 12.9. The minimum Gasteiger partial charge on any atom is -0.457 e. The van der Waals surface area contributed by atoms with E-state index in [0.717, 1.165) is 12.0 Å². The quantitative estimate of drug-likeness (QED) is 0.363. The molecule has 1 amide bonds. The Labute approximate surface area is 215 Å². The van der Waals surface area contributed by atoms with Gasteiger partial charge in [-0.15, -0.1) is 0 Å². The Kier molecular flexibility index (Phi) is 8.14. The van der Waals surface area contributed by atoms with E-state index in [9.17, 15) is 13.2 Å². The molecule has 1 N–H and O–H groups in total. The van der Waals surface area contributed by atoms with Crippen LogP contribution in [-0.4, -0.2) is 26.1 Å². The van der Waals surface area contributed by atoms with Crippen LogP contribution in [-0.2, 0) is 16.6 Å².